The molecule has 0 spiro atoms. The highest BCUT2D eigenvalue weighted by molar-refractivity contribution is 7.97. The Labute approximate surface area is 89.1 Å². The number of nitriles is 1. The van der Waals surface area contributed by atoms with Crippen LogP contribution in [-0.2, 0) is 12.3 Å². The average Bonchev–Trinajstić information content (AvgIpc) is 2.61. The van der Waals surface area contributed by atoms with Crippen molar-refractivity contribution >= 4 is 11.8 Å². The monoisotopic (exact) mass is 210 g/mol. The van der Waals surface area contributed by atoms with Gasteiger partial charge in [-0.3, -0.25) is 0 Å². The smallest absolute Gasteiger partial charge is 0.247 e. The van der Waals surface area contributed by atoms with E-state index < -0.39 is 0 Å². The summed E-state index contributed by atoms with van der Waals surface area (Å²) in [4.78, 5) is 3.22. The van der Waals surface area contributed by atoms with E-state index >= 15 is 0 Å². The highest BCUT2D eigenvalue weighted by atomic mass is 32.2. The first-order chi connectivity index (χ1) is 6.88. The summed E-state index contributed by atoms with van der Waals surface area (Å²) in [6.45, 7) is 1.01. The fourth-order valence-corrected chi connectivity index (χ4v) is 1.88. The Bertz CT molecular complexity index is 301. The maximum absolute atomic E-state index is 8.40. The van der Waals surface area contributed by atoms with E-state index in [1.807, 2.05) is 18.0 Å². The Morgan fingerprint density at radius 2 is 2.43 bits per heavy atom. The molecular weight excluding hydrogens is 194 g/mol. The molecule has 0 unspecified atom stereocenters. The van der Waals surface area contributed by atoms with Gasteiger partial charge in [0.2, 0.25) is 0 Å². The highest BCUT2D eigenvalue weighted by Crippen LogP contribution is 2.02. The third-order valence-electron chi connectivity index (χ3n) is 2.07. The lowest BCUT2D eigenvalue weighted by atomic mass is 10.2. The number of rotatable bonds is 6. The van der Waals surface area contributed by atoms with E-state index in [0.29, 0.717) is 6.42 Å². The van der Waals surface area contributed by atoms with Crippen LogP contribution in [0.1, 0.15) is 25.1 Å². The van der Waals surface area contributed by atoms with Crippen LogP contribution in [0.15, 0.2) is 12.4 Å². The van der Waals surface area contributed by atoms with Crippen molar-refractivity contribution in [2.24, 2.45) is 0 Å². The summed E-state index contributed by atoms with van der Waals surface area (Å²) in [6, 6.07) is 2.17. The van der Waals surface area contributed by atoms with Crippen LogP contribution >= 0.6 is 11.8 Å². The number of unbranched alkanes of at least 4 members (excludes halogenated alkanes) is 2. The number of hydrogen-bond donors (Lipinski definition) is 1. The maximum Gasteiger partial charge on any atom is 0.264 e. The molecule has 4 heteroatoms. The van der Waals surface area contributed by atoms with E-state index in [-0.39, 0.29) is 0 Å². The molecule has 0 aliphatic carbocycles. The molecule has 0 atom stereocenters. The van der Waals surface area contributed by atoms with E-state index in [2.05, 4.69) is 28.1 Å². The summed E-state index contributed by atoms with van der Waals surface area (Å²) in [5.74, 6) is 2.28. The van der Waals surface area contributed by atoms with Gasteiger partial charge in [-0.05, 0) is 19.1 Å². The molecule has 3 nitrogen and oxygen atoms in total. The number of aromatic amines is 1. The third-order valence-corrected chi connectivity index (χ3v) is 2.63. The average molecular weight is 210 g/mol. The number of thioether (sulfide) groups is 1. The van der Waals surface area contributed by atoms with Gasteiger partial charge in [0.05, 0.1) is 18.4 Å². The van der Waals surface area contributed by atoms with Crippen LogP contribution in [0.3, 0.4) is 0 Å². The molecule has 0 fully saturated rings. The lowest BCUT2D eigenvalue weighted by Crippen LogP contribution is -2.35. The zero-order valence-electron chi connectivity index (χ0n) is 8.49. The van der Waals surface area contributed by atoms with Crippen LogP contribution in [-0.4, -0.2) is 11.2 Å². The summed E-state index contributed by atoms with van der Waals surface area (Å²) in [5, 5.41) is 8.40. The summed E-state index contributed by atoms with van der Waals surface area (Å²) in [6.07, 6.45) is 8.88. The number of aromatic nitrogens is 2. The Morgan fingerprint density at radius 1 is 1.57 bits per heavy atom. The molecule has 1 rings (SSSR count). The minimum absolute atomic E-state index is 0.669. The first-order valence-electron chi connectivity index (χ1n) is 4.80. The fraction of sp³-hybridized carbons (Fsp3) is 0.600. The predicted molar refractivity (Wildman–Crippen MR) is 57.7 cm³/mol. The van der Waals surface area contributed by atoms with E-state index in [4.69, 9.17) is 5.26 Å². The highest BCUT2D eigenvalue weighted by Gasteiger charge is 2.08. The quantitative estimate of drug-likeness (QED) is 0.575. The van der Waals surface area contributed by atoms with Crippen molar-refractivity contribution in [3.63, 3.8) is 0 Å². The molecule has 76 valence electrons. The molecule has 0 aliphatic rings. The first kappa shape index (κ1) is 11.1. The van der Waals surface area contributed by atoms with Crippen molar-refractivity contribution in [1.29, 1.82) is 5.26 Å². The molecule has 0 aromatic carbocycles. The second-order valence-electron chi connectivity index (χ2n) is 3.15. The van der Waals surface area contributed by atoms with E-state index in [0.717, 1.165) is 25.1 Å². The molecule has 0 aliphatic heterocycles. The van der Waals surface area contributed by atoms with Gasteiger partial charge in [-0.1, -0.05) is 0 Å². The number of aryl methyl sites for hydroxylation is 1. The Kier molecular flexibility index (Phi) is 5.16. The van der Waals surface area contributed by atoms with E-state index in [9.17, 15) is 0 Å². The number of hydrogen-bond acceptors (Lipinski definition) is 2. The number of imidazole rings is 1. The van der Waals surface area contributed by atoms with E-state index in [1.54, 1.807) is 0 Å². The van der Waals surface area contributed by atoms with Gasteiger partial charge >= 0.3 is 0 Å². The fourth-order valence-electron chi connectivity index (χ4n) is 1.35. The Balaban J connectivity index is 2.34. The number of nitrogens with zero attached hydrogens (tertiary/aromatic N) is 2. The number of nitrogens with one attached hydrogen (secondary N) is 1. The lowest BCUT2D eigenvalue weighted by molar-refractivity contribution is -0.702. The number of H-pyrrole nitrogens is 1. The first-order valence-corrected chi connectivity index (χ1v) is 6.19. The summed E-state index contributed by atoms with van der Waals surface area (Å²) >= 11 is 1.81. The van der Waals surface area contributed by atoms with Crippen molar-refractivity contribution in [3.05, 3.63) is 18.2 Å². The van der Waals surface area contributed by atoms with Gasteiger partial charge in [0.15, 0.2) is 0 Å². The van der Waals surface area contributed by atoms with Gasteiger partial charge < -0.3 is 0 Å². The van der Waals surface area contributed by atoms with Crippen molar-refractivity contribution in [3.8, 4) is 6.07 Å². The second-order valence-corrected chi connectivity index (χ2v) is 4.01. The molecule has 1 aromatic rings. The minimum atomic E-state index is 0.669. The Morgan fingerprint density at radius 3 is 3.14 bits per heavy atom. The van der Waals surface area contributed by atoms with Crippen LogP contribution in [0.2, 0.25) is 0 Å². The van der Waals surface area contributed by atoms with Crippen LogP contribution < -0.4 is 4.57 Å². The molecule has 14 heavy (non-hydrogen) atoms. The standard InChI is InChI=1S/C10H15N3S/c1-14-9-10-12-6-8-13(10)7-4-2-3-5-11/h6,8H,2-4,7,9H2,1H3/p+1. The zero-order valence-corrected chi connectivity index (χ0v) is 9.31. The molecular formula is C10H16N3S+. The zero-order chi connectivity index (χ0) is 10.2. The van der Waals surface area contributed by atoms with Gasteiger partial charge in [-0.15, -0.1) is 0 Å². The molecule has 0 saturated heterocycles. The predicted octanol–water partition coefficient (Wildman–Crippen LogP) is 1.86. The lowest BCUT2D eigenvalue weighted by Gasteiger charge is -1.98. The van der Waals surface area contributed by atoms with Gasteiger partial charge in [0, 0.05) is 6.42 Å². The third kappa shape index (κ3) is 3.43. The van der Waals surface area contributed by atoms with Gasteiger partial charge in [-0.25, -0.2) is 9.55 Å². The van der Waals surface area contributed by atoms with Crippen LogP contribution in [0.25, 0.3) is 0 Å². The molecule has 0 amide bonds. The van der Waals surface area contributed by atoms with Crippen molar-refractivity contribution in [2.45, 2.75) is 31.6 Å². The topological polar surface area (TPSA) is 43.5 Å². The summed E-state index contributed by atoms with van der Waals surface area (Å²) < 4.78 is 2.23. The molecule has 1 aromatic heterocycles. The van der Waals surface area contributed by atoms with Crippen LogP contribution in [0.4, 0.5) is 0 Å². The summed E-state index contributed by atoms with van der Waals surface area (Å²) in [5.41, 5.74) is 0. The van der Waals surface area contributed by atoms with E-state index in [1.165, 1.54) is 5.82 Å². The molecule has 0 saturated carbocycles. The SMILES string of the molecule is CSCc1[nH]cc[n+]1CCCCC#N. The Hall–Kier alpha value is -0.950. The van der Waals surface area contributed by atoms with Gasteiger partial charge in [-0.2, -0.15) is 17.0 Å². The van der Waals surface area contributed by atoms with Gasteiger partial charge in [0.25, 0.3) is 5.82 Å². The molecule has 0 bridgehead atoms. The van der Waals surface area contributed by atoms with Crippen molar-refractivity contribution in [1.82, 2.24) is 4.98 Å². The van der Waals surface area contributed by atoms with Crippen molar-refractivity contribution < 1.29 is 4.57 Å². The van der Waals surface area contributed by atoms with Crippen LogP contribution in [0.5, 0.6) is 0 Å². The van der Waals surface area contributed by atoms with Crippen LogP contribution in [0, 0.1) is 11.3 Å². The second kappa shape index (κ2) is 6.50. The largest absolute Gasteiger partial charge is 0.264 e. The maximum atomic E-state index is 8.40. The molecule has 1 N–H and O–H groups in total. The minimum Gasteiger partial charge on any atom is -0.247 e. The molecule has 1 heterocycles. The summed E-state index contributed by atoms with van der Waals surface area (Å²) in [7, 11) is 0. The molecule has 0 radical (unpaired) electrons. The van der Waals surface area contributed by atoms with Crippen molar-refractivity contribution in [2.75, 3.05) is 6.26 Å². The normalized spacial score (nSPS) is 10.0. The van der Waals surface area contributed by atoms with Gasteiger partial charge in [0.1, 0.15) is 12.4 Å².